The van der Waals surface area contributed by atoms with Crippen molar-refractivity contribution in [3.63, 3.8) is 0 Å². The van der Waals surface area contributed by atoms with Crippen LogP contribution in [-0.4, -0.2) is 18.9 Å². The number of rotatable bonds is 4. The highest BCUT2D eigenvalue weighted by Gasteiger charge is 2.14. The zero-order valence-electron chi connectivity index (χ0n) is 15.3. The van der Waals surface area contributed by atoms with E-state index in [1.807, 2.05) is 41.0 Å². The Balaban J connectivity index is 1.91. The van der Waals surface area contributed by atoms with E-state index in [4.69, 9.17) is 5.14 Å². The first-order valence-corrected chi connectivity index (χ1v) is 11.1. The second-order valence-corrected chi connectivity index (χ2v) is 8.97. The van der Waals surface area contributed by atoms with E-state index in [0.717, 1.165) is 16.3 Å². The molecule has 4 rings (SSSR count). The minimum Gasteiger partial charge on any atom is -0.312 e. The Bertz CT molecular complexity index is 1440. The lowest BCUT2D eigenvalue weighted by Gasteiger charge is -2.03. The molecule has 8 heteroatoms. The number of thiazole rings is 1. The molecular weight excluding hydrogens is 406 g/mol. The maximum absolute atomic E-state index is 13.0. The maximum atomic E-state index is 13.0. The lowest BCUT2D eigenvalue weighted by Crippen LogP contribution is -2.16. The van der Waals surface area contributed by atoms with Gasteiger partial charge in [-0.3, -0.25) is 4.79 Å². The number of amides is 1. The largest absolute Gasteiger partial charge is 0.312 e. The smallest absolute Gasteiger partial charge is 0.280 e. The number of nitrogens with two attached hydrogens (primary N) is 1. The van der Waals surface area contributed by atoms with Crippen molar-refractivity contribution in [1.29, 1.82) is 0 Å². The Labute approximate surface area is 171 Å². The monoisotopic (exact) mass is 423 g/mol. The second-order valence-electron chi connectivity index (χ2n) is 6.40. The summed E-state index contributed by atoms with van der Waals surface area (Å²) in [5.74, 6) is -0.363. The van der Waals surface area contributed by atoms with Crippen molar-refractivity contribution in [1.82, 2.24) is 4.57 Å². The van der Waals surface area contributed by atoms with Crippen LogP contribution in [0.3, 0.4) is 0 Å². The summed E-state index contributed by atoms with van der Waals surface area (Å²) in [4.78, 5) is 17.8. The van der Waals surface area contributed by atoms with Crippen LogP contribution in [0.25, 0.3) is 21.0 Å². The van der Waals surface area contributed by atoms with Gasteiger partial charge in [0, 0.05) is 12.1 Å². The summed E-state index contributed by atoms with van der Waals surface area (Å²) in [7, 11) is -3.82. The van der Waals surface area contributed by atoms with Crippen LogP contribution in [-0.2, 0) is 16.6 Å². The average Bonchev–Trinajstić information content (AvgIpc) is 3.03. The van der Waals surface area contributed by atoms with E-state index in [9.17, 15) is 13.2 Å². The number of benzene rings is 3. The second kappa shape index (κ2) is 7.40. The number of primary sulfonamides is 1. The number of fused-ring (bicyclic) bond motifs is 2. The van der Waals surface area contributed by atoms with Gasteiger partial charge in [0.15, 0.2) is 4.80 Å². The number of hydrogen-bond acceptors (Lipinski definition) is 4. The SMILES string of the molecule is C=CCn1c(=NC(=O)c2cccc3ccccc23)sc2cc(S(N)(=O)=O)ccc21. The molecule has 0 aliphatic rings. The van der Waals surface area contributed by atoms with E-state index in [1.165, 1.54) is 23.5 Å². The Morgan fingerprint density at radius 1 is 1.14 bits per heavy atom. The zero-order valence-corrected chi connectivity index (χ0v) is 16.9. The van der Waals surface area contributed by atoms with Gasteiger partial charge in [0.25, 0.3) is 5.91 Å². The van der Waals surface area contributed by atoms with Crippen LogP contribution >= 0.6 is 11.3 Å². The van der Waals surface area contributed by atoms with Crippen molar-refractivity contribution >= 4 is 48.3 Å². The lowest BCUT2D eigenvalue weighted by atomic mass is 10.0. The van der Waals surface area contributed by atoms with Crippen LogP contribution in [0.1, 0.15) is 10.4 Å². The summed E-state index contributed by atoms with van der Waals surface area (Å²) in [6.45, 7) is 4.19. The molecule has 0 saturated carbocycles. The molecule has 4 aromatic rings. The molecule has 1 heterocycles. The number of carbonyl (C=O) groups excluding carboxylic acids is 1. The summed E-state index contributed by atoms with van der Waals surface area (Å²) in [5, 5.41) is 7.03. The van der Waals surface area contributed by atoms with Crippen LogP contribution < -0.4 is 9.94 Å². The summed E-state index contributed by atoms with van der Waals surface area (Å²) >= 11 is 1.23. The predicted molar refractivity (Wildman–Crippen MR) is 115 cm³/mol. The van der Waals surface area contributed by atoms with E-state index in [1.54, 1.807) is 18.2 Å². The number of nitrogens with zero attached hydrogens (tertiary/aromatic N) is 2. The molecule has 0 aliphatic heterocycles. The molecule has 0 radical (unpaired) electrons. The molecule has 1 amide bonds. The first kappa shape index (κ1) is 19.3. The maximum Gasteiger partial charge on any atom is 0.280 e. The van der Waals surface area contributed by atoms with Crippen molar-refractivity contribution in [3.8, 4) is 0 Å². The molecule has 3 aromatic carbocycles. The quantitative estimate of drug-likeness (QED) is 0.510. The van der Waals surface area contributed by atoms with E-state index >= 15 is 0 Å². The van der Waals surface area contributed by atoms with Crippen molar-refractivity contribution in [2.24, 2.45) is 10.1 Å². The van der Waals surface area contributed by atoms with E-state index in [0.29, 0.717) is 21.6 Å². The molecule has 146 valence electrons. The number of sulfonamides is 1. The third kappa shape index (κ3) is 3.65. The minimum absolute atomic E-state index is 0.0175. The van der Waals surface area contributed by atoms with Crippen LogP contribution in [0, 0.1) is 0 Å². The molecule has 0 saturated heterocycles. The number of aromatic nitrogens is 1. The van der Waals surface area contributed by atoms with Crippen molar-refractivity contribution in [2.45, 2.75) is 11.4 Å². The van der Waals surface area contributed by atoms with Gasteiger partial charge >= 0.3 is 0 Å². The van der Waals surface area contributed by atoms with Gasteiger partial charge < -0.3 is 4.57 Å². The van der Waals surface area contributed by atoms with Crippen molar-refractivity contribution < 1.29 is 13.2 Å². The van der Waals surface area contributed by atoms with E-state index in [-0.39, 0.29) is 10.8 Å². The fraction of sp³-hybridized carbons (Fsp3) is 0.0476. The molecule has 6 nitrogen and oxygen atoms in total. The molecule has 0 fully saturated rings. The molecule has 0 bridgehead atoms. The van der Waals surface area contributed by atoms with Gasteiger partial charge in [-0.25, -0.2) is 13.6 Å². The third-order valence-corrected chi connectivity index (χ3v) is 6.46. The van der Waals surface area contributed by atoms with E-state index < -0.39 is 10.0 Å². The van der Waals surface area contributed by atoms with Crippen molar-refractivity contribution in [2.75, 3.05) is 0 Å². The van der Waals surface area contributed by atoms with Crippen LogP contribution in [0.5, 0.6) is 0 Å². The fourth-order valence-electron chi connectivity index (χ4n) is 3.18. The Hall–Kier alpha value is -3.07. The highest BCUT2D eigenvalue weighted by Crippen LogP contribution is 2.22. The third-order valence-electron chi connectivity index (χ3n) is 4.51. The molecule has 0 atom stereocenters. The normalized spacial score (nSPS) is 12.5. The standard InChI is InChI=1S/C21H17N3O3S2/c1-2-12-24-18-11-10-15(29(22,26)27)13-19(18)28-21(24)23-20(25)17-9-5-7-14-6-3-4-8-16(14)17/h2-11,13H,1,12H2,(H2,22,26,27). The molecule has 0 aliphatic carbocycles. The predicted octanol–water partition coefficient (Wildman–Crippen LogP) is 3.43. The highest BCUT2D eigenvalue weighted by molar-refractivity contribution is 7.89. The van der Waals surface area contributed by atoms with Gasteiger partial charge in [-0.05, 0) is 35.0 Å². The van der Waals surface area contributed by atoms with Gasteiger partial charge in [-0.2, -0.15) is 4.99 Å². The van der Waals surface area contributed by atoms with E-state index in [2.05, 4.69) is 11.6 Å². The van der Waals surface area contributed by atoms with Crippen LogP contribution in [0.15, 0.2) is 83.2 Å². The average molecular weight is 424 g/mol. The fourth-order valence-corrected chi connectivity index (χ4v) is 4.87. The number of hydrogen-bond donors (Lipinski definition) is 1. The molecule has 0 unspecified atom stereocenters. The zero-order chi connectivity index (χ0) is 20.6. The summed E-state index contributed by atoms with van der Waals surface area (Å²) in [6, 6.07) is 17.7. The Morgan fingerprint density at radius 2 is 1.90 bits per heavy atom. The Morgan fingerprint density at radius 3 is 2.66 bits per heavy atom. The Kier molecular flexibility index (Phi) is 4.91. The summed E-state index contributed by atoms with van der Waals surface area (Å²) in [5.41, 5.74) is 1.27. The number of allylic oxidation sites excluding steroid dienone is 1. The molecule has 0 spiro atoms. The van der Waals surface area contributed by atoms with Gasteiger partial charge in [0.2, 0.25) is 10.0 Å². The number of carbonyl (C=O) groups is 1. The summed E-state index contributed by atoms with van der Waals surface area (Å²) < 4.78 is 25.8. The van der Waals surface area contributed by atoms with Crippen LogP contribution in [0.2, 0.25) is 0 Å². The van der Waals surface area contributed by atoms with Gasteiger partial charge in [-0.15, -0.1) is 6.58 Å². The highest BCUT2D eigenvalue weighted by atomic mass is 32.2. The topological polar surface area (TPSA) is 94.5 Å². The molecule has 2 N–H and O–H groups in total. The molecular formula is C21H17N3O3S2. The summed E-state index contributed by atoms with van der Waals surface area (Å²) in [6.07, 6.45) is 1.70. The lowest BCUT2D eigenvalue weighted by molar-refractivity contribution is 0.0999. The first-order chi connectivity index (χ1) is 13.9. The minimum atomic E-state index is -3.82. The van der Waals surface area contributed by atoms with Crippen molar-refractivity contribution in [3.05, 3.63) is 83.7 Å². The first-order valence-electron chi connectivity index (χ1n) is 8.72. The molecule has 29 heavy (non-hydrogen) atoms. The molecule has 1 aromatic heterocycles. The van der Waals surface area contributed by atoms with Gasteiger partial charge in [-0.1, -0.05) is 53.8 Å². The van der Waals surface area contributed by atoms with Gasteiger partial charge in [0.1, 0.15) is 0 Å². The van der Waals surface area contributed by atoms with Gasteiger partial charge in [0.05, 0.1) is 15.1 Å². The van der Waals surface area contributed by atoms with Crippen LogP contribution in [0.4, 0.5) is 0 Å².